The van der Waals surface area contributed by atoms with Crippen LogP contribution in [0.3, 0.4) is 0 Å². The van der Waals surface area contributed by atoms with Crippen molar-refractivity contribution in [3.8, 4) is 17.2 Å². The second-order valence-corrected chi connectivity index (χ2v) is 10.8. The van der Waals surface area contributed by atoms with Crippen LogP contribution in [0.25, 0.3) is 6.08 Å². The van der Waals surface area contributed by atoms with Gasteiger partial charge < -0.3 is 18.9 Å². The van der Waals surface area contributed by atoms with E-state index < -0.39 is 12.0 Å². The molecule has 0 spiro atoms. The van der Waals surface area contributed by atoms with Gasteiger partial charge in [0.2, 0.25) is 0 Å². The average Bonchev–Trinajstić information content (AvgIpc) is 3.30. The highest BCUT2D eigenvalue weighted by atomic mass is 35.5. The monoisotopic (exact) mass is 604 g/mol. The van der Waals surface area contributed by atoms with E-state index in [1.165, 1.54) is 15.9 Å². The number of nitrogens with zero attached hydrogens (tertiary/aromatic N) is 2. The lowest BCUT2D eigenvalue weighted by atomic mass is 9.94. The molecule has 1 aliphatic rings. The number of methoxy groups -OCH3 is 2. The van der Waals surface area contributed by atoms with Crippen molar-refractivity contribution in [2.75, 3.05) is 20.8 Å². The van der Waals surface area contributed by atoms with Gasteiger partial charge in [-0.05, 0) is 73.5 Å². The molecule has 216 valence electrons. The van der Waals surface area contributed by atoms with Gasteiger partial charge in [-0.2, -0.15) is 0 Å². The lowest BCUT2D eigenvalue weighted by Crippen LogP contribution is -2.40. The van der Waals surface area contributed by atoms with Crippen molar-refractivity contribution < 1.29 is 23.7 Å². The van der Waals surface area contributed by atoms with E-state index in [4.69, 9.17) is 30.5 Å². The van der Waals surface area contributed by atoms with Crippen LogP contribution in [0.15, 0.2) is 87.8 Å². The lowest BCUT2D eigenvalue weighted by molar-refractivity contribution is -0.139. The van der Waals surface area contributed by atoms with Gasteiger partial charge in [0.15, 0.2) is 4.80 Å². The zero-order valence-corrected chi connectivity index (χ0v) is 25.1. The summed E-state index contributed by atoms with van der Waals surface area (Å²) in [7, 11) is 3.09. The van der Waals surface area contributed by atoms with Crippen LogP contribution in [-0.2, 0) is 16.1 Å². The SMILES string of the molecule is CCOC(=O)C1=C(C)N=c2s/c(=C/c3ccc(OCc4ccc(Cl)cc4)cc3)c(=O)n2[C@H]1c1cc(OC)ccc1OC. The summed E-state index contributed by atoms with van der Waals surface area (Å²) in [6.07, 6.45) is 1.80. The zero-order chi connectivity index (χ0) is 29.8. The topological polar surface area (TPSA) is 88.4 Å². The molecule has 0 saturated heterocycles. The molecule has 0 unspecified atom stereocenters. The predicted octanol–water partition coefficient (Wildman–Crippen LogP) is 5.05. The van der Waals surface area contributed by atoms with Crippen molar-refractivity contribution in [1.82, 2.24) is 4.57 Å². The number of ether oxygens (including phenoxy) is 4. The first-order valence-corrected chi connectivity index (χ1v) is 14.4. The third kappa shape index (κ3) is 5.98. The van der Waals surface area contributed by atoms with E-state index in [1.54, 1.807) is 52.3 Å². The second kappa shape index (κ2) is 12.7. The Morgan fingerprint density at radius 1 is 1.02 bits per heavy atom. The van der Waals surface area contributed by atoms with Crippen LogP contribution in [0.5, 0.6) is 17.2 Å². The van der Waals surface area contributed by atoms with Gasteiger partial charge in [0.05, 0.1) is 36.6 Å². The van der Waals surface area contributed by atoms with Gasteiger partial charge in [-0.3, -0.25) is 9.36 Å². The van der Waals surface area contributed by atoms with Crippen LogP contribution in [0.2, 0.25) is 5.02 Å². The van der Waals surface area contributed by atoms with Gasteiger partial charge in [0, 0.05) is 10.6 Å². The summed E-state index contributed by atoms with van der Waals surface area (Å²) in [6, 6.07) is 19.4. The number of hydrogen-bond donors (Lipinski definition) is 0. The maximum Gasteiger partial charge on any atom is 0.338 e. The summed E-state index contributed by atoms with van der Waals surface area (Å²) in [5.41, 5.74) is 2.86. The number of carbonyl (C=O) groups excluding carboxylic acids is 1. The Kier molecular flexibility index (Phi) is 8.80. The normalized spacial score (nSPS) is 14.7. The van der Waals surface area contributed by atoms with Gasteiger partial charge in [-0.1, -0.05) is 47.2 Å². The molecule has 1 atom stereocenters. The number of carbonyl (C=O) groups is 1. The van der Waals surface area contributed by atoms with Gasteiger partial charge in [0.25, 0.3) is 5.56 Å². The number of allylic oxidation sites excluding steroid dienone is 1. The number of halogens is 1. The Morgan fingerprint density at radius 3 is 2.40 bits per heavy atom. The molecule has 0 aliphatic carbocycles. The molecule has 8 nitrogen and oxygen atoms in total. The van der Waals surface area contributed by atoms with Gasteiger partial charge >= 0.3 is 5.97 Å². The number of hydrogen-bond acceptors (Lipinski definition) is 8. The third-order valence-corrected chi connectivity index (χ3v) is 7.98. The summed E-state index contributed by atoms with van der Waals surface area (Å²) in [4.78, 5) is 32.3. The molecule has 1 aliphatic heterocycles. The molecule has 10 heteroatoms. The van der Waals surface area contributed by atoms with Gasteiger partial charge in [-0.15, -0.1) is 0 Å². The second-order valence-electron chi connectivity index (χ2n) is 9.39. The zero-order valence-electron chi connectivity index (χ0n) is 23.5. The van der Waals surface area contributed by atoms with Crippen LogP contribution >= 0.6 is 22.9 Å². The van der Waals surface area contributed by atoms with Crippen LogP contribution in [-0.4, -0.2) is 31.4 Å². The summed E-state index contributed by atoms with van der Waals surface area (Å²) < 4.78 is 24.4. The van der Waals surface area contributed by atoms with E-state index in [0.29, 0.717) is 49.5 Å². The fraction of sp³-hybridized carbons (Fsp3) is 0.219. The number of aromatic nitrogens is 1. The first-order chi connectivity index (χ1) is 20.3. The molecule has 0 radical (unpaired) electrons. The number of benzene rings is 3. The average molecular weight is 605 g/mol. The minimum atomic E-state index is -0.823. The summed E-state index contributed by atoms with van der Waals surface area (Å²) in [6.45, 7) is 4.07. The molecule has 0 N–H and O–H groups in total. The minimum Gasteiger partial charge on any atom is -0.497 e. The molecule has 5 rings (SSSR count). The first-order valence-electron chi connectivity index (χ1n) is 13.2. The molecule has 0 amide bonds. The number of rotatable bonds is 9. The van der Waals surface area contributed by atoms with Crippen molar-refractivity contribution in [2.45, 2.75) is 26.5 Å². The van der Waals surface area contributed by atoms with Gasteiger partial charge in [-0.25, -0.2) is 9.79 Å². The predicted molar refractivity (Wildman–Crippen MR) is 162 cm³/mol. The van der Waals surface area contributed by atoms with Crippen molar-refractivity contribution in [1.29, 1.82) is 0 Å². The summed E-state index contributed by atoms with van der Waals surface area (Å²) >= 11 is 7.21. The van der Waals surface area contributed by atoms with Gasteiger partial charge in [0.1, 0.15) is 29.9 Å². The van der Waals surface area contributed by atoms with Crippen LogP contribution in [0.4, 0.5) is 0 Å². The molecule has 3 aromatic carbocycles. The molecular weight excluding hydrogens is 576 g/mol. The highest BCUT2D eigenvalue weighted by Gasteiger charge is 2.35. The highest BCUT2D eigenvalue weighted by molar-refractivity contribution is 7.07. The Labute approximate surface area is 251 Å². The Balaban J connectivity index is 1.54. The van der Waals surface area contributed by atoms with Crippen molar-refractivity contribution in [3.05, 3.63) is 119 Å². The molecule has 0 saturated carbocycles. The van der Waals surface area contributed by atoms with E-state index in [0.717, 1.165) is 11.1 Å². The lowest BCUT2D eigenvalue weighted by Gasteiger charge is -2.26. The molecule has 0 fully saturated rings. The van der Waals surface area contributed by atoms with Crippen LogP contribution in [0, 0.1) is 0 Å². The smallest absolute Gasteiger partial charge is 0.338 e. The Morgan fingerprint density at radius 2 is 1.74 bits per heavy atom. The van der Waals surface area contributed by atoms with E-state index in [-0.39, 0.29) is 17.7 Å². The number of fused-ring (bicyclic) bond motifs is 1. The van der Waals surface area contributed by atoms with E-state index in [9.17, 15) is 9.59 Å². The van der Waals surface area contributed by atoms with Crippen LogP contribution in [0.1, 0.15) is 36.6 Å². The molecule has 2 heterocycles. The molecular formula is C32H29ClN2O6S. The quantitative estimate of drug-likeness (QED) is 0.249. The number of thiazole rings is 1. The standard InChI is InChI=1S/C32H29ClN2O6S/c1-5-40-31(37)28-19(2)34-32-35(29(28)25-17-24(38-3)14-15-26(25)39-4)30(36)27(42-32)16-20-8-12-23(13-9-20)41-18-21-6-10-22(33)11-7-21/h6-17,29H,5,18H2,1-4H3/b27-16+/t29-/m0/s1. The first kappa shape index (κ1) is 29.2. The van der Waals surface area contributed by atoms with Crippen LogP contribution < -0.4 is 29.1 Å². The van der Waals surface area contributed by atoms with Crippen molar-refractivity contribution >= 4 is 35.0 Å². The van der Waals surface area contributed by atoms with E-state index >= 15 is 0 Å². The third-order valence-electron chi connectivity index (χ3n) is 6.75. The maximum atomic E-state index is 13.9. The highest BCUT2D eigenvalue weighted by Crippen LogP contribution is 2.37. The summed E-state index contributed by atoms with van der Waals surface area (Å²) in [5.74, 6) is 1.21. The number of esters is 1. The van der Waals surface area contributed by atoms with Crippen molar-refractivity contribution in [2.24, 2.45) is 4.99 Å². The minimum absolute atomic E-state index is 0.182. The van der Waals surface area contributed by atoms with E-state index in [1.807, 2.05) is 48.5 Å². The Hall–Kier alpha value is -4.34. The largest absolute Gasteiger partial charge is 0.497 e. The van der Waals surface area contributed by atoms with Crippen molar-refractivity contribution in [3.63, 3.8) is 0 Å². The fourth-order valence-electron chi connectivity index (χ4n) is 4.70. The molecule has 4 aromatic rings. The molecule has 42 heavy (non-hydrogen) atoms. The molecule has 1 aromatic heterocycles. The van der Waals surface area contributed by atoms with E-state index in [2.05, 4.69) is 4.99 Å². The fourth-order valence-corrected chi connectivity index (χ4v) is 5.87. The summed E-state index contributed by atoms with van der Waals surface area (Å²) in [5, 5.41) is 0.676. The Bertz CT molecular complexity index is 1820. The molecule has 0 bridgehead atoms. The maximum absolute atomic E-state index is 13.9.